The molecule has 0 aliphatic rings. The quantitative estimate of drug-likeness (QED) is 0.892. The van der Waals surface area contributed by atoms with Crippen molar-refractivity contribution in [3.63, 3.8) is 0 Å². The van der Waals surface area contributed by atoms with Gasteiger partial charge in [-0.1, -0.05) is 18.2 Å². The number of nitrogens with zero attached hydrogens (tertiary/aromatic N) is 1. The van der Waals surface area contributed by atoms with Crippen LogP contribution in [-0.4, -0.2) is 11.7 Å². The number of anilines is 1. The molecule has 0 spiro atoms. The lowest BCUT2D eigenvalue weighted by atomic mass is 10.1. The monoisotopic (exact) mass is 259 g/mol. The van der Waals surface area contributed by atoms with E-state index in [1.54, 1.807) is 24.3 Å². The lowest BCUT2D eigenvalue weighted by Crippen LogP contribution is -2.26. The molecule has 0 heterocycles. The third kappa shape index (κ3) is 3.05. The minimum absolute atomic E-state index is 0.118. The first-order valence-corrected chi connectivity index (χ1v) is 6.43. The van der Waals surface area contributed by atoms with Gasteiger partial charge in [0.05, 0.1) is 6.04 Å². The first-order chi connectivity index (χ1) is 9.11. The van der Waals surface area contributed by atoms with Crippen LogP contribution in [-0.2, 0) is 0 Å². The van der Waals surface area contributed by atoms with Gasteiger partial charge in [0.25, 0.3) is 0 Å². The number of rotatable bonds is 4. The normalized spacial score (nSPS) is 12.2. The number of phenols is 1. The second-order valence-electron chi connectivity index (χ2n) is 4.53. The molecule has 0 amide bonds. The van der Waals surface area contributed by atoms with Crippen molar-refractivity contribution in [3.05, 3.63) is 59.9 Å². The molecule has 19 heavy (non-hydrogen) atoms. The van der Waals surface area contributed by atoms with Crippen LogP contribution in [0, 0.1) is 5.82 Å². The van der Waals surface area contributed by atoms with Crippen molar-refractivity contribution < 1.29 is 9.50 Å². The summed E-state index contributed by atoms with van der Waals surface area (Å²) >= 11 is 0. The Balaban J connectivity index is 2.28. The van der Waals surface area contributed by atoms with Gasteiger partial charge in [-0.3, -0.25) is 0 Å². The predicted octanol–water partition coefficient (Wildman–Crippen LogP) is 4.12. The van der Waals surface area contributed by atoms with Gasteiger partial charge in [0.2, 0.25) is 0 Å². The molecule has 1 N–H and O–H groups in total. The lowest BCUT2D eigenvalue weighted by Gasteiger charge is -2.30. The number of halogens is 1. The Kier molecular flexibility index (Phi) is 4.05. The number of hydrogen-bond donors (Lipinski definition) is 1. The van der Waals surface area contributed by atoms with Crippen LogP contribution >= 0.6 is 0 Å². The van der Waals surface area contributed by atoms with Crippen molar-refractivity contribution in [3.8, 4) is 5.75 Å². The van der Waals surface area contributed by atoms with Crippen molar-refractivity contribution in [2.75, 3.05) is 11.4 Å². The fourth-order valence-corrected chi connectivity index (χ4v) is 2.27. The Labute approximate surface area is 113 Å². The fraction of sp³-hybridized carbons (Fsp3) is 0.250. The van der Waals surface area contributed by atoms with E-state index in [1.807, 2.05) is 25.1 Å². The molecule has 1 unspecified atom stereocenters. The molecule has 0 radical (unpaired) electrons. The summed E-state index contributed by atoms with van der Waals surface area (Å²) in [5.74, 6) is 0.0265. The van der Waals surface area contributed by atoms with Crippen LogP contribution in [0.5, 0.6) is 5.75 Å². The van der Waals surface area contributed by atoms with Crippen molar-refractivity contribution >= 4 is 5.69 Å². The summed E-state index contributed by atoms with van der Waals surface area (Å²) in [6.45, 7) is 4.90. The second kappa shape index (κ2) is 5.74. The van der Waals surface area contributed by atoms with Crippen LogP contribution < -0.4 is 4.90 Å². The molecular formula is C16H18FNO. The van der Waals surface area contributed by atoms with Gasteiger partial charge in [-0.15, -0.1) is 0 Å². The molecule has 0 fully saturated rings. The Bertz CT molecular complexity index is 539. The van der Waals surface area contributed by atoms with Crippen molar-refractivity contribution in [1.82, 2.24) is 0 Å². The molecule has 0 aromatic heterocycles. The average Bonchev–Trinajstić information content (AvgIpc) is 2.40. The number of aromatic hydroxyl groups is 1. The molecule has 2 nitrogen and oxygen atoms in total. The lowest BCUT2D eigenvalue weighted by molar-refractivity contribution is 0.475. The first-order valence-electron chi connectivity index (χ1n) is 6.43. The smallest absolute Gasteiger partial charge is 0.125 e. The Morgan fingerprint density at radius 1 is 1.16 bits per heavy atom. The molecule has 2 aromatic rings. The van der Waals surface area contributed by atoms with E-state index in [-0.39, 0.29) is 17.6 Å². The van der Waals surface area contributed by atoms with Crippen LogP contribution in [0.2, 0.25) is 0 Å². The van der Waals surface area contributed by atoms with Crippen LogP contribution in [0.1, 0.15) is 25.5 Å². The summed E-state index contributed by atoms with van der Waals surface area (Å²) < 4.78 is 13.3. The highest BCUT2D eigenvalue weighted by atomic mass is 19.1. The largest absolute Gasteiger partial charge is 0.508 e. The number of benzene rings is 2. The molecule has 0 saturated heterocycles. The van der Waals surface area contributed by atoms with Gasteiger partial charge in [-0.2, -0.15) is 0 Å². The molecule has 2 rings (SSSR count). The summed E-state index contributed by atoms with van der Waals surface area (Å²) in [5.41, 5.74) is 1.95. The molecule has 1 atom stereocenters. The van der Waals surface area contributed by atoms with Crippen molar-refractivity contribution in [2.24, 2.45) is 0 Å². The molecular weight excluding hydrogens is 241 g/mol. The van der Waals surface area contributed by atoms with Gasteiger partial charge in [0.1, 0.15) is 11.6 Å². The third-order valence-corrected chi connectivity index (χ3v) is 3.32. The molecule has 0 aliphatic carbocycles. The van der Waals surface area contributed by atoms with Gasteiger partial charge < -0.3 is 10.0 Å². The summed E-state index contributed by atoms with van der Waals surface area (Å²) in [6.07, 6.45) is 0. The van der Waals surface area contributed by atoms with E-state index in [0.29, 0.717) is 0 Å². The molecule has 2 aromatic carbocycles. The highest BCUT2D eigenvalue weighted by molar-refractivity contribution is 5.49. The van der Waals surface area contributed by atoms with E-state index >= 15 is 0 Å². The fourth-order valence-electron chi connectivity index (χ4n) is 2.27. The summed E-state index contributed by atoms with van der Waals surface area (Å²) in [7, 11) is 0. The second-order valence-corrected chi connectivity index (χ2v) is 4.53. The van der Waals surface area contributed by atoms with Crippen LogP contribution in [0.25, 0.3) is 0 Å². The molecule has 3 heteroatoms. The first kappa shape index (κ1) is 13.4. The highest BCUT2D eigenvalue weighted by Crippen LogP contribution is 2.27. The van der Waals surface area contributed by atoms with Gasteiger partial charge in [0, 0.05) is 12.2 Å². The zero-order chi connectivity index (χ0) is 13.8. The molecule has 0 aliphatic heterocycles. The minimum atomic E-state index is -0.228. The molecule has 0 saturated carbocycles. The van der Waals surface area contributed by atoms with E-state index in [0.717, 1.165) is 17.8 Å². The Morgan fingerprint density at radius 2 is 1.84 bits per heavy atom. The summed E-state index contributed by atoms with van der Waals surface area (Å²) in [5, 5.41) is 9.32. The Hall–Kier alpha value is -2.03. The third-order valence-electron chi connectivity index (χ3n) is 3.32. The summed E-state index contributed by atoms with van der Waals surface area (Å²) in [6, 6.07) is 13.9. The average molecular weight is 259 g/mol. The maximum atomic E-state index is 13.3. The van der Waals surface area contributed by atoms with Crippen molar-refractivity contribution in [2.45, 2.75) is 19.9 Å². The van der Waals surface area contributed by atoms with E-state index in [2.05, 4.69) is 11.8 Å². The molecule has 0 bridgehead atoms. The van der Waals surface area contributed by atoms with Gasteiger partial charge in [-0.25, -0.2) is 4.39 Å². The van der Waals surface area contributed by atoms with Gasteiger partial charge in [-0.05, 0) is 49.7 Å². The van der Waals surface area contributed by atoms with E-state index in [4.69, 9.17) is 0 Å². The maximum absolute atomic E-state index is 13.3. The maximum Gasteiger partial charge on any atom is 0.125 e. The Morgan fingerprint density at radius 3 is 2.42 bits per heavy atom. The SMILES string of the molecule is CCN(c1cccc(F)c1)C(C)c1ccc(O)cc1. The highest BCUT2D eigenvalue weighted by Gasteiger charge is 2.15. The zero-order valence-electron chi connectivity index (χ0n) is 11.2. The number of hydrogen-bond acceptors (Lipinski definition) is 2. The van der Waals surface area contributed by atoms with Gasteiger partial charge >= 0.3 is 0 Å². The van der Waals surface area contributed by atoms with E-state index in [1.165, 1.54) is 6.07 Å². The van der Waals surface area contributed by atoms with Crippen LogP contribution in [0.15, 0.2) is 48.5 Å². The minimum Gasteiger partial charge on any atom is -0.508 e. The topological polar surface area (TPSA) is 23.5 Å². The van der Waals surface area contributed by atoms with Crippen molar-refractivity contribution in [1.29, 1.82) is 0 Å². The predicted molar refractivity (Wildman–Crippen MR) is 75.9 cm³/mol. The van der Waals surface area contributed by atoms with Gasteiger partial charge in [0.15, 0.2) is 0 Å². The standard InChI is InChI=1S/C16H18FNO/c1-3-18(15-6-4-5-14(17)11-15)12(2)13-7-9-16(19)10-8-13/h4-12,19H,3H2,1-2H3. The molecule has 100 valence electrons. The number of phenolic OH excluding ortho intramolecular Hbond substituents is 1. The van der Waals surface area contributed by atoms with Crippen LogP contribution in [0.3, 0.4) is 0 Å². The van der Waals surface area contributed by atoms with Crippen LogP contribution in [0.4, 0.5) is 10.1 Å². The van der Waals surface area contributed by atoms with E-state index in [9.17, 15) is 9.50 Å². The summed E-state index contributed by atoms with van der Waals surface area (Å²) in [4.78, 5) is 2.12. The zero-order valence-corrected chi connectivity index (χ0v) is 11.2. The van der Waals surface area contributed by atoms with E-state index < -0.39 is 0 Å².